The lowest BCUT2D eigenvalue weighted by Gasteiger charge is -2.25. The number of nitrogens with one attached hydrogen (secondary N) is 1. The molecule has 7 nitrogen and oxygen atoms in total. The van der Waals surface area contributed by atoms with Crippen LogP contribution in [0.5, 0.6) is 5.75 Å². The number of carbonyl (C=O) groups is 3. The van der Waals surface area contributed by atoms with E-state index in [1.807, 2.05) is 0 Å². The third kappa shape index (κ3) is 5.48. The maximum atomic E-state index is 12.3. The molecule has 0 aromatic heterocycles. The Morgan fingerprint density at radius 2 is 1.80 bits per heavy atom. The fraction of sp³-hybridized carbons (Fsp3) is 0.500. The lowest BCUT2D eigenvalue weighted by molar-refractivity contribution is -0.143. The molecule has 136 valence electrons. The van der Waals surface area contributed by atoms with E-state index >= 15 is 0 Å². The quantitative estimate of drug-likeness (QED) is 0.819. The van der Waals surface area contributed by atoms with Crippen LogP contribution < -0.4 is 10.1 Å². The van der Waals surface area contributed by atoms with Crippen molar-refractivity contribution in [2.75, 3.05) is 26.0 Å². The molecule has 1 aromatic rings. The molecule has 1 aliphatic rings. The Labute approximate surface area is 147 Å². The topological polar surface area (TPSA) is 95.9 Å². The minimum Gasteiger partial charge on any atom is -0.484 e. The minimum absolute atomic E-state index is 0.0443. The molecule has 0 spiro atoms. The van der Waals surface area contributed by atoms with Crippen LogP contribution >= 0.6 is 0 Å². The molecule has 0 heterocycles. The van der Waals surface area contributed by atoms with Crippen molar-refractivity contribution in [3.63, 3.8) is 0 Å². The second-order valence-corrected chi connectivity index (χ2v) is 6.49. The average Bonchev–Trinajstić information content (AvgIpc) is 2.60. The zero-order valence-corrected chi connectivity index (χ0v) is 14.5. The molecule has 0 radical (unpaired) electrons. The van der Waals surface area contributed by atoms with Crippen LogP contribution in [0.25, 0.3) is 0 Å². The van der Waals surface area contributed by atoms with E-state index in [0.717, 1.165) is 6.42 Å². The van der Waals surface area contributed by atoms with Crippen LogP contribution in [0.1, 0.15) is 25.7 Å². The van der Waals surface area contributed by atoms with Gasteiger partial charge in [-0.1, -0.05) is 6.42 Å². The minimum atomic E-state index is -0.828. The molecule has 0 bridgehead atoms. The van der Waals surface area contributed by atoms with E-state index < -0.39 is 11.9 Å². The van der Waals surface area contributed by atoms with Gasteiger partial charge in [0, 0.05) is 25.7 Å². The van der Waals surface area contributed by atoms with Gasteiger partial charge < -0.3 is 20.1 Å². The number of rotatable bonds is 6. The summed E-state index contributed by atoms with van der Waals surface area (Å²) < 4.78 is 5.38. The standard InChI is InChI=1S/C18H24N2O5/c1-20(2)16(21)11-25-15-8-6-14(7-9-15)19-17(22)12-4-3-5-13(10-12)18(23)24/h6-9,12-13H,3-5,10-11H2,1-2H3,(H,19,22)(H,23,24). The maximum absolute atomic E-state index is 12.3. The van der Waals surface area contributed by atoms with E-state index in [0.29, 0.717) is 30.7 Å². The Morgan fingerprint density at radius 1 is 1.16 bits per heavy atom. The number of ether oxygens (including phenoxy) is 1. The zero-order valence-electron chi connectivity index (χ0n) is 14.5. The number of carbonyl (C=O) groups excluding carboxylic acids is 2. The maximum Gasteiger partial charge on any atom is 0.306 e. The van der Waals surface area contributed by atoms with Crippen molar-refractivity contribution in [1.29, 1.82) is 0 Å². The van der Waals surface area contributed by atoms with Crippen molar-refractivity contribution in [3.05, 3.63) is 24.3 Å². The van der Waals surface area contributed by atoms with Gasteiger partial charge >= 0.3 is 5.97 Å². The Kier molecular flexibility index (Phi) is 6.38. The Balaban J connectivity index is 1.87. The number of nitrogens with zero attached hydrogens (tertiary/aromatic N) is 1. The Hall–Kier alpha value is -2.57. The fourth-order valence-electron chi connectivity index (χ4n) is 2.81. The van der Waals surface area contributed by atoms with Crippen molar-refractivity contribution in [3.8, 4) is 5.75 Å². The van der Waals surface area contributed by atoms with Gasteiger partial charge in [0.2, 0.25) is 5.91 Å². The number of anilines is 1. The van der Waals surface area contributed by atoms with Crippen LogP contribution in [0.15, 0.2) is 24.3 Å². The first-order valence-corrected chi connectivity index (χ1v) is 8.33. The van der Waals surface area contributed by atoms with E-state index in [4.69, 9.17) is 9.84 Å². The van der Waals surface area contributed by atoms with Gasteiger partial charge in [-0.2, -0.15) is 0 Å². The molecule has 7 heteroatoms. The third-order valence-corrected chi connectivity index (χ3v) is 4.38. The largest absolute Gasteiger partial charge is 0.484 e. The van der Waals surface area contributed by atoms with Crippen LogP contribution in [0.3, 0.4) is 0 Å². The molecule has 2 amide bonds. The number of benzene rings is 1. The van der Waals surface area contributed by atoms with Gasteiger partial charge in [0.05, 0.1) is 5.92 Å². The molecule has 1 saturated carbocycles. The van der Waals surface area contributed by atoms with Gasteiger partial charge in [-0.3, -0.25) is 14.4 Å². The van der Waals surface area contributed by atoms with Crippen LogP contribution in [-0.4, -0.2) is 48.5 Å². The molecule has 0 aliphatic heterocycles. The number of likely N-dealkylation sites (N-methyl/N-ethyl adjacent to an activating group) is 1. The van der Waals surface area contributed by atoms with Gasteiger partial charge in [-0.25, -0.2) is 0 Å². The van der Waals surface area contributed by atoms with Crippen LogP contribution in [0, 0.1) is 11.8 Å². The highest BCUT2D eigenvalue weighted by atomic mass is 16.5. The Morgan fingerprint density at radius 3 is 2.40 bits per heavy atom. The number of carboxylic acids is 1. The molecule has 1 aromatic carbocycles. The molecule has 0 saturated heterocycles. The van der Waals surface area contributed by atoms with Gasteiger partial charge in [-0.05, 0) is 43.5 Å². The predicted molar refractivity (Wildman–Crippen MR) is 92.3 cm³/mol. The first-order chi connectivity index (χ1) is 11.9. The van der Waals surface area contributed by atoms with Crippen LogP contribution in [0.4, 0.5) is 5.69 Å². The van der Waals surface area contributed by atoms with Gasteiger partial charge in [0.25, 0.3) is 5.91 Å². The van der Waals surface area contributed by atoms with E-state index in [9.17, 15) is 14.4 Å². The summed E-state index contributed by atoms with van der Waals surface area (Å²) in [6.07, 6.45) is 2.48. The van der Waals surface area contributed by atoms with Crippen molar-refractivity contribution in [2.45, 2.75) is 25.7 Å². The number of amides is 2. The van der Waals surface area contributed by atoms with Crippen molar-refractivity contribution < 1.29 is 24.2 Å². The van der Waals surface area contributed by atoms with Gasteiger partial charge in [-0.15, -0.1) is 0 Å². The third-order valence-electron chi connectivity index (χ3n) is 4.38. The number of hydrogen-bond donors (Lipinski definition) is 2. The summed E-state index contributed by atoms with van der Waals surface area (Å²) in [6.45, 7) is -0.0443. The summed E-state index contributed by atoms with van der Waals surface area (Å²) >= 11 is 0. The van der Waals surface area contributed by atoms with Gasteiger partial charge in [0.1, 0.15) is 5.75 Å². The fourth-order valence-corrected chi connectivity index (χ4v) is 2.81. The molecule has 1 fully saturated rings. The first-order valence-electron chi connectivity index (χ1n) is 8.33. The van der Waals surface area contributed by atoms with Crippen LogP contribution in [0.2, 0.25) is 0 Å². The second-order valence-electron chi connectivity index (χ2n) is 6.49. The molecule has 2 N–H and O–H groups in total. The molecule has 2 unspecified atom stereocenters. The number of hydrogen-bond acceptors (Lipinski definition) is 4. The molecule has 25 heavy (non-hydrogen) atoms. The van der Waals surface area contributed by atoms with Crippen molar-refractivity contribution >= 4 is 23.5 Å². The highest BCUT2D eigenvalue weighted by Gasteiger charge is 2.30. The molecule has 2 rings (SSSR count). The number of carboxylic acid groups (broad SMARTS) is 1. The summed E-state index contributed by atoms with van der Waals surface area (Å²) in [5, 5.41) is 11.9. The van der Waals surface area contributed by atoms with E-state index in [2.05, 4.69) is 5.32 Å². The van der Waals surface area contributed by atoms with Crippen molar-refractivity contribution in [2.24, 2.45) is 11.8 Å². The summed E-state index contributed by atoms with van der Waals surface area (Å²) in [7, 11) is 3.31. The first kappa shape index (κ1) is 18.8. The van der Waals surface area contributed by atoms with Gasteiger partial charge in [0.15, 0.2) is 6.61 Å². The van der Waals surface area contributed by atoms with Crippen LogP contribution in [-0.2, 0) is 14.4 Å². The summed E-state index contributed by atoms with van der Waals surface area (Å²) in [4.78, 5) is 36.4. The summed E-state index contributed by atoms with van der Waals surface area (Å²) in [6, 6.07) is 6.76. The molecule has 2 atom stereocenters. The summed E-state index contributed by atoms with van der Waals surface area (Å²) in [5.74, 6) is -1.29. The lowest BCUT2D eigenvalue weighted by Crippen LogP contribution is -2.30. The molecular weight excluding hydrogens is 324 g/mol. The number of aliphatic carboxylic acids is 1. The smallest absolute Gasteiger partial charge is 0.306 e. The monoisotopic (exact) mass is 348 g/mol. The normalized spacial score (nSPS) is 19.8. The highest BCUT2D eigenvalue weighted by Crippen LogP contribution is 2.30. The zero-order chi connectivity index (χ0) is 18.4. The molecule has 1 aliphatic carbocycles. The average molecular weight is 348 g/mol. The van der Waals surface area contributed by atoms with E-state index in [1.165, 1.54) is 4.90 Å². The second kappa shape index (κ2) is 8.50. The van der Waals surface area contributed by atoms with E-state index in [-0.39, 0.29) is 24.3 Å². The predicted octanol–water partition coefficient (Wildman–Crippen LogP) is 1.98. The van der Waals surface area contributed by atoms with E-state index in [1.54, 1.807) is 38.4 Å². The molecular formula is C18H24N2O5. The Bertz CT molecular complexity index is 627. The SMILES string of the molecule is CN(C)C(=O)COc1ccc(NC(=O)C2CCCC(C(=O)O)C2)cc1. The lowest BCUT2D eigenvalue weighted by atomic mass is 9.81. The van der Waals surface area contributed by atoms with Crippen molar-refractivity contribution in [1.82, 2.24) is 4.90 Å². The highest BCUT2D eigenvalue weighted by molar-refractivity contribution is 5.93. The summed E-state index contributed by atoms with van der Waals surface area (Å²) in [5.41, 5.74) is 0.619.